The van der Waals surface area contributed by atoms with Crippen LogP contribution in [0.4, 0.5) is 0 Å². The third-order valence-electron chi connectivity index (χ3n) is 2.50. The van der Waals surface area contributed by atoms with Crippen molar-refractivity contribution in [1.29, 1.82) is 0 Å². The summed E-state index contributed by atoms with van der Waals surface area (Å²) >= 11 is 0. The van der Waals surface area contributed by atoms with E-state index in [4.69, 9.17) is 0 Å². The highest BCUT2D eigenvalue weighted by Crippen LogP contribution is 1.99. The Balaban J connectivity index is 2.46. The minimum Gasteiger partial charge on any atom is -0.339 e. The van der Waals surface area contributed by atoms with E-state index in [2.05, 4.69) is 20.1 Å². The Kier molecular flexibility index (Phi) is 5.09. The number of hydrogen-bond acceptors (Lipinski definition) is 4. The molecule has 96 valence electrons. The Labute approximate surface area is 102 Å². The molecule has 0 atom stereocenters. The molecule has 1 aromatic rings. The van der Waals surface area contributed by atoms with Gasteiger partial charge in [-0.25, -0.2) is 4.98 Å². The number of nitrogens with zero attached hydrogens (tertiary/aromatic N) is 4. The molecule has 0 bridgehead atoms. The highest BCUT2D eigenvalue weighted by molar-refractivity contribution is 5.90. The van der Waals surface area contributed by atoms with Crippen molar-refractivity contribution in [2.45, 2.75) is 19.8 Å². The van der Waals surface area contributed by atoms with E-state index in [9.17, 15) is 4.79 Å². The summed E-state index contributed by atoms with van der Waals surface area (Å²) in [5.41, 5.74) is 0. The van der Waals surface area contributed by atoms with Crippen LogP contribution in [-0.2, 0) is 6.42 Å². The maximum atomic E-state index is 11.9. The summed E-state index contributed by atoms with van der Waals surface area (Å²) in [5, 5.41) is 6.66. The van der Waals surface area contributed by atoms with Gasteiger partial charge in [-0.05, 0) is 27.1 Å². The summed E-state index contributed by atoms with van der Waals surface area (Å²) in [7, 11) is 5.81. The van der Waals surface area contributed by atoms with Gasteiger partial charge in [0.1, 0.15) is 5.82 Å². The third-order valence-corrected chi connectivity index (χ3v) is 2.50. The second kappa shape index (κ2) is 6.34. The van der Waals surface area contributed by atoms with Crippen LogP contribution >= 0.6 is 0 Å². The molecule has 0 aliphatic carbocycles. The average molecular weight is 239 g/mol. The first-order valence-corrected chi connectivity index (χ1v) is 5.86. The van der Waals surface area contributed by atoms with Gasteiger partial charge in [0.05, 0.1) is 0 Å². The van der Waals surface area contributed by atoms with Crippen LogP contribution < -0.4 is 0 Å². The Hall–Kier alpha value is -1.43. The van der Waals surface area contributed by atoms with E-state index in [1.165, 1.54) is 0 Å². The zero-order valence-electron chi connectivity index (χ0n) is 11.0. The monoisotopic (exact) mass is 239 g/mol. The number of aryl methyl sites for hydroxylation is 1. The second-order valence-corrected chi connectivity index (χ2v) is 4.34. The number of aromatic amines is 1. The van der Waals surface area contributed by atoms with Gasteiger partial charge in [-0.3, -0.25) is 9.89 Å². The van der Waals surface area contributed by atoms with E-state index in [0.717, 1.165) is 25.2 Å². The Morgan fingerprint density at radius 1 is 1.29 bits per heavy atom. The first kappa shape index (κ1) is 13.6. The molecule has 1 aromatic heterocycles. The fourth-order valence-corrected chi connectivity index (χ4v) is 1.45. The van der Waals surface area contributed by atoms with Crippen molar-refractivity contribution in [2.24, 2.45) is 0 Å². The van der Waals surface area contributed by atoms with E-state index in [1.54, 1.807) is 11.9 Å². The van der Waals surface area contributed by atoms with Gasteiger partial charge in [-0.15, -0.1) is 5.10 Å². The molecule has 0 saturated heterocycles. The zero-order chi connectivity index (χ0) is 12.8. The summed E-state index contributed by atoms with van der Waals surface area (Å²) in [6.45, 7) is 3.65. The van der Waals surface area contributed by atoms with Gasteiger partial charge in [0.25, 0.3) is 5.91 Å². The van der Waals surface area contributed by atoms with E-state index >= 15 is 0 Å². The Bertz CT molecular complexity index is 360. The van der Waals surface area contributed by atoms with Crippen molar-refractivity contribution >= 4 is 5.91 Å². The number of rotatable bonds is 6. The van der Waals surface area contributed by atoms with Gasteiger partial charge >= 0.3 is 0 Å². The molecule has 0 spiro atoms. The molecule has 1 rings (SSSR count). The summed E-state index contributed by atoms with van der Waals surface area (Å²) in [5.74, 6) is 0.879. The van der Waals surface area contributed by atoms with Crippen LogP contribution in [0.2, 0.25) is 0 Å². The van der Waals surface area contributed by atoms with Crippen LogP contribution in [0.5, 0.6) is 0 Å². The minimum absolute atomic E-state index is 0.125. The number of carbonyl (C=O) groups is 1. The number of hydrogen-bond donors (Lipinski definition) is 1. The minimum atomic E-state index is -0.125. The van der Waals surface area contributed by atoms with Crippen LogP contribution in [0.1, 0.15) is 29.8 Å². The van der Waals surface area contributed by atoms with Crippen molar-refractivity contribution in [3.05, 3.63) is 11.6 Å². The van der Waals surface area contributed by atoms with Gasteiger partial charge in [0, 0.05) is 20.0 Å². The van der Waals surface area contributed by atoms with Gasteiger partial charge in [0.15, 0.2) is 0 Å². The van der Waals surface area contributed by atoms with E-state index in [0.29, 0.717) is 6.54 Å². The van der Waals surface area contributed by atoms with Crippen molar-refractivity contribution in [2.75, 3.05) is 34.2 Å². The summed E-state index contributed by atoms with van der Waals surface area (Å²) in [4.78, 5) is 19.8. The first-order chi connectivity index (χ1) is 8.04. The lowest BCUT2D eigenvalue weighted by molar-refractivity contribution is 0.0779. The van der Waals surface area contributed by atoms with Gasteiger partial charge in [-0.1, -0.05) is 6.92 Å². The lowest BCUT2D eigenvalue weighted by Gasteiger charge is -2.16. The topological polar surface area (TPSA) is 65.1 Å². The molecule has 0 aliphatic rings. The molecule has 17 heavy (non-hydrogen) atoms. The molecule has 1 amide bonds. The third kappa shape index (κ3) is 4.14. The molecule has 0 fully saturated rings. The first-order valence-electron chi connectivity index (χ1n) is 5.86. The van der Waals surface area contributed by atoms with Crippen molar-refractivity contribution in [3.63, 3.8) is 0 Å². The molecule has 0 aromatic carbocycles. The summed E-state index contributed by atoms with van der Waals surface area (Å²) < 4.78 is 0. The largest absolute Gasteiger partial charge is 0.339 e. The lowest BCUT2D eigenvalue weighted by atomic mass is 10.3. The normalized spacial score (nSPS) is 10.9. The molecule has 0 unspecified atom stereocenters. The average Bonchev–Trinajstić information content (AvgIpc) is 2.75. The quantitative estimate of drug-likeness (QED) is 0.780. The molecule has 6 nitrogen and oxygen atoms in total. The van der Waals surface area contributed by atoms with Crippen molar-refractivity contribution in [1.82, 2.24) is 25.0 Å². The van der Waals surface area contributed by atoms with Crippen LogP contribution in [0.3, 0.4) is 0 Å². The number of carbonyl (C=O) groups excluding carboxylic acids is 1. The molecule has 0 aliphatic heterocycles. The van der Waals surface area contributed by atoms with Gasteiger partial charge in [0.2, 0.25) is 5.82 Å². The molecule has 1 N–H and O–H groups in total. The van der Waals surface area contributed by atoms with E-state index < -0.39 is 0 Å². The van der Waals surface area contributed by atoms with Crippen LogP contribution in [0.15, 0.2) is 0 Å². The number of H-pyrrole nitrogens is 1. The van der Waals surface area contributed by atoms with Crippen LogP contribution in [0.25, 0.3) is 0 Å². The van der Waals surface area contributed by atoms with Crippen molar-refractivity contribution < 1.29 is 4.79 Å². The number of nitrogens with one attached hydrogen (secondary N) is 1. The highest BCUT2D eigenvalue weighted by atomic mass is 16.2. The molecular weight excluding hydrogens is 218 g/mol. The zero-order valence-corrected chi connectivity index (χ0v) is 11.0. The SMILES string of the molecule is CCc1nc(C(=O)N(C)CCCN(C)C)n[nH]1. The highest BCUT2D eigenvalue weighted by Gasteiger charge is 2.16. The summed E-state index contributed by atoms with van der Waals surface area (Å²) in [6.07, 6.45) is 1.70. The Morgan fingerprint density at radius 3 is 2.53 bits per heavy atom. The van der Waals surface area contributed by atoms with Crippen LogP contribution in [0, 0.1) is 0 Å². The summed E-state index contributed by atoms with van der Waals surface area (Å²) in [6, 6.07) is 0. The maximum Gasteiger partial charge on any atom is 0.293 e. The fraction of sp³-hybridized carbons (Fsp3) is 0.727. The fourth-order valence-electron chi connectivity index (χ4n) is 1.45. The number of amides is 1. The molecular formula is C11H21N5O. The predicted octanol–water partition coefficient (Wildman–Crippen LogP) is 0.391. The Morgan fingerprint density at radius 2 is 2.00 bits per heavy atom. The standard InChI is InChI=1S/C11H21N5O/c1-5-9-12-10(14-13-9)11(17)16(4)8-6-7-15(2)3/h5-8H2,1-4H3,(H,12,13,14). The molecule has 0 saturated carbocycles. The molecule has 6 heteroatoms. The van der Waals surface area contributed by atoms with E-state index in [-0.39, 0.29) is 11.7 Å². The van der Waals surface area contributed by atoms with Crippen LogP contribution in [-0.4, -0.2) is 65.1 Å². The lowest BCUT2D eigenvalue weighted by Crippen LogP contribution is -2.30. The second-order valence-electron chi connectivity index (χ2n) is 4.34. The van der Waals surface area contributed by atoms with Crippen molar-refractivity contribution in [3.8, 4) is 0 Å². The van der Waals surface area contributed by atoms with E-state index in [1.807, 2.05) is 21.0 Å². The maximum absolute atomic E-state index is 11.9. The number of aromatic nitrogens is 3. The molecule has 0 radical (unpaired) electrons. The smallest absolute Gasteiger partial charge is 0.293 e. The van der Waals surface area contributed by atoms with Gasteiger partial charge < -0.3 is 9.80 Å². The molecule has 1 heterocycles. The predicted molar refractivity (Wildman–Crippen MR) is 65.9 cm³/mol. The van der Waals surface area contributed by atoms with Gasteiger partial charge in [-0.2, -0.15) is 0 Å².